The third-order valence-electron chi connectivity index (χ3n) is 2.18. The number of ether oxygens (including phenoxy) is 1. The van der Waals surface area contributed by atoms with Crippen LogP contribution in [0.15, 0.2) is 30.3 Å². The third kappa shape index (κ3) is 3.64. The summed E-state index contributed by atoms with van der Waals surface area (Å²) in [7, 11) is 1.57. The highest BCUT2D eigenvalue weighted by Crippen LogP contribution is 2.14. The Kier molecular flexibility index (Phi) is 4.78. The van der Waals surface area contributed by atoms with Crippen molar-refractivity contribution >= 4 is 21.8 Å². The van der Waals surface area contributed by atoms with Crippen LogP contribution in [0.25, 0.3) is 0 Å². The summed E-state index contributed by atoms with van der Waals surface area (Å²) < 4.78 is 5.23. The maximum Gasteiger partial charge on any atom is 0.233 e. The van der Waals surface area contributed by atoms with Gasteiger partial charge in [-0.2, -0.15) is 0 Å². The number of nitrogens with two attached hydrogens (primary N) is 1. The number of alkyl halides is 1. The van der Waals surface area contributed by atoms with Gasteiger partial charge < -0.3 is 10.5 Å². The lowest BCUT2D eigenvalue weighted by Crippen LogP contribution is -2.36. The standard InChI is InChI=1S/C11H14BrNO2/c1-15-9(10(12)11(13)14)7-8-5-3-2-4-6-8/h2-6,9-10H,7H2,1H3,(H2,13,14). The molecule has 1 aromatic carbocycles. The lowest BCUT2D eigenvalue weighted by atomic mass is 10.1. The topological polar surface area (TPSA) is 52.3 Å². The monoisotopic (exact) mass is 271 g/mol. The van der Waals surface area contributed by atoms with E-state index in [0.717, 1.165) is 5.56 Å². The van der Waals surface area contributed by atoms with Crippen LogP contribution in [0.3, 0.4) is 0 Å². The molecule has 2 atom stereocenters. The van der Waals surface area contributed by atoms with Crippen molar-refractivity contribution in [3.05, 3.63) is 35.9 Å². The fourth-order valence-corrected chi connectivity index (χ4v) is 1.74. The van der Waals surface area contributed by atoms with Gasteiger partial charge >= 0.3 is 0 Å². The van der Waals surface area contributed by atoms with Crippen LogP contribution < -0.4 is 5.73 Å². The predicted octanol–water partition coefficient (Wildman–Crippen LogP) is 1.49. The zero-order chi connectivity index (χ0) is 11.3. The van der Waals surface area contributed by atoms with E-state index >= 15 is 0 Å². The highest BCUT2D eigenvalue weighted by Gasteiger charge is 2.23. The molecule has 0 fully saturated rings. The molecular formula is C11H14BrNO2. The van der Waals surface area contributed by atoms with E-state index in [-0.39, 0.29) is 6.10 Å². The summed E-state index contributed by atoms with van der Waals surface area (Å²) in [5, 5.41) is 0. The summed E-state index contributed by atoms with van der Waals surface area (Å²) in [6.45, 7) is 0. The summed E-state index contributed by atoms with van der Waals surface area (Å²) >= 11 is 3.23. The molecule has 0 aliphatic carbocycles. The molecule has 1 amide bonds. The maximum atomic E-state index is 11.0. The summed E-state index contributed by atoms with van der Waals surface area (Å²) in [5.74, 6) is -0.405. The van der Waals surface area contributed by atoms with Crippen LogP contribution >= 0.6 is 15.9 Å². The molecule has 0 saturated heterocycles. The van der Waals surface area contributed by atoms with E-state index in [1.54, 1.807) is 7.11 Å². The van der Waals surface area contributed by atoms with Crippen molar-refractivity contribution in [2.75, 3.05) is 7.11 Å². The average Bonchev–Trinajstić information content (AvgIpc) is 2.26. The van der Waals surface area contributed by atoms with Gasteiger partial charge in [-0.05, 0) is 5.56 Å². The largest absolute Gasteiger partial charge is 0.379 e. The van der Waals surface area contributed by atoms with Crippen molar-refractivity contribution in [3.63, 3.8) is 0 Å². The fourth-order valence-electron chi connectivity index (χ4n) is 1.34. The summed E-state index contributed by atoms with van der Waals surface area (Å²) in [6.07, 6.45) is 0.431. The van der Waals surface area contributed by atoms with Gasteiger partial charge in [0.2, 0.25) is 5.91 Å². The average molecular weight is 272 g/mol. The molecule has 0 bridgehead atoms. The van der Waals surface area contributed by atoms with Gasteiger partial charge in [0, 0.05) is 13.5 Å². The van der Waals surface area contributed by atoms with Crippen LogP contribution in [-0.4, -0.2) is 23.9 Å². The van der Waals surface area contributed by atoms with E-state index in [4.69, 9.17) is 10.5 Å². The number of halogens is 1. The molecule has 0 saturated carbocycles. The molecule has 4 heteroatoms. The van der Waals surface area contributed by atoms with Crippen molar-refractivity contribution in [1.82, 2.24) is 0 Å². The zero-order valence-corrected chi connectivity index (χ0v) is 10.1. The number of carbonyl (C=O) groups excluding carboxylic acids is 1. The van der Waals surface area contributed by atoms with Gasteiger partial charge in [-0.25, -0.2) is 0 Å². The number of benzene rings is 1. The van der Waals surface area contributed by atoms with Crippen LogP contribution in [0.2, 0.25) is 0 Å². The van der Waals surface area contributed by atoms with E-state index < -0.39 is 10.7 Å². The molecule has 2 N–H and O–H groups in total. The van der Waals surface area contributed by atoms with Crippen molar-refractivity contribution < 1.29 is 9.53 Å². The predicted molar refractivity (Wildman–Crippen MR) is 62.9 cm³/mol. The minimum atomic E-state index is -0.456. The Balaban J connectivity index is 2.66. The highest BCUT2D eigenvalue weighted by molar-refractivity contribution is 9.10. The lowest BCUT2D eigenvalue weighted by molar-refractivity contribution is -0.119. The van der Waals surface area contributed by atoms with Gasteiger partial charge in [-0.1, -0.05) is 46.3 Å². The van der Waals surface area contributed by atoms with Gasteiger partial charge in [0.15, 0.2) is 0 Å². The summed E-state index contributed by atoms with van der Waals surface area (Å²) in [4.78, 5) is 10.5. The van der Waals surface area contributed by atoms with Crippen LogP contribution in [0.5, 0.6) is 0 Å². The Morgan fingerprint density at radius 3 is 2.53 bits per heavy atom. The Labute approximate surface area is 97.7 Å². The molecule has 1 rings (SSSR count). The van der Waals surface area contributed by atoms with Gasteiger partial charge in [0.1, 0.15) is 4.83 Å². The van der Waals surface area contributed by atoms with E-state index in [2.05, 4.69) is 15.9 Å². The second kappa shape index (κ2) is 5.88. The lowest BCUT2D eigenvalue weighted by Gasteiger charge is -2.18. The number of amides is 1. The van der Waals surface area contributed by atoms with Crippen molar-refractivity contribution in [2.24, 2.45) is 5.73 Å². The normalized spacial score (nSPS) is 14.5. The first-order chi connectivity index (χ1) is 7.15. The minimum Gasteiger partial charge on any atom is -0.379 e. The number of methoxy groups -OCH3 is 1. The third-order valence-corrected chi connectivity index (χ3v) is 3.22. The second-order valence-electron chi connectivity index (χ2n) is 3.27. The van der Waals surface area contributed by atoms with Crippen LogP contribution in [0.4, 0.5) is 0 Å². The quantitative estimate of drug-likeness (QED) is 0.826. The van der Waals surface area contributed by atoms with E-state index in [0.29, 0.717) is 6.42 Å². The molecule has 1 aromatic rings. The number of carbonyl (C=O) groups is 1. The molecule has 0 aromatic heterocycles. The molecule has 2 unspecified atom stereocenters. The molecule has 0 spiro atoms. The number of hydrogen-bond acceptors (Lipinski definition) is 2. The van der Waals surface area contributed by atoms with Gasteiger partial charge in [-0.3, -0.25) is 4.79 Å². The van der Waals surface area contributed by atoms with E-state index in [9.17, 15) is 4.79 Å². The Morgan fingerprint density at radius 2 is 2.07 bits per heavy atom. The first kappa shape index (κ1) is 12.2. The first-order valence-corrected chi connectivity index (χ1v) is 5.57. The van der Waals surface area contributed by atoms with Crippen LogP contribution in [0.1, 0.15) is 5.56 Å². The summed E-state index contributed by atoms with van der Waals surface area (Å²) in [5.41, 5.74) is 6.32. The Hall–Kier alpha value is -0.870. The maximum absolute atomic E-state index is 11.0. The smallest absolute Gasteiger partial charge is 0.233 e. The van der Waals surface area contributed by atoms with E-state index in [1.165, 1.54) is 0 Å². The Morgan fingerprint density at radius 1 is 1.47 bits per heavy atom. The zero-order valence-electron chi connectivity index (χ0n) is 8.52. The second-order valence-corrected chi connectivity index (χ2v) is 4.25. The van der Waals surface area contributed by atoms with Gasteiger partial charge in [0.05, 0.1) is 6.10 Å². The van der Waals surface area contributed by atoms with Crippen molar-refractivity contribution in [1.29, 1.82) is 0 Å². The van der Waals surface area contributed by atoms with Crippen LogP contribution in [0, 0.1) is 0 Å². The summed E-state index contributed by atoms with van der Waals surface area (Å²) in [6, 6.07) is 9.84. The molecule has 0 aliphatic rings. The van der Waals surface area contributed by atoms with Crippen LogP contribution in [-0.2, 0) is 16.0 Å². The molecule has 82 valence electrons. The van der Waals surface area contributed by atoms with Gasteiger partial charge in [0.25, 0.3) is 0 Å². The fraction of sp³-hybridized carbons (Fsp3) is 0.364. The van der Waals surface area contributed by atoms with E-state index in [1.807, 2.05) is 30.3 Å². The van der Waals surface area contributed by atoms with Gasteiger partial charge in [-0.15, -0.1) is 0 Å². The van der Waals surface area contributed by atoms with Crippen molar-refractivity contribution in [3.8, 4) is 0 Å². The number of primary amides is 1. The number of rotatable bonds is 5. The first-order valence-electron chi connectivity index (χ1n) is 4.65. The van der Waals surface area contributed by atoms with Crippen molar-refractivity contribution in [2.45, 2.75) is 17.4 Å². The molecule has 0 aliphatic heterocycles. The molecule has 0 heterocycles. The highest BCUT2D eigenvalue weighted by atomic mass is 79.9. The molecular weight excluding hydrogens is 258 g/mol. The molecule has 3 nitrogen and oxygen atoms in total. The minimum absolute atomic E-state index is 0.232. The number of hydrogen-bond donors (Lipinski definition) is 1. The molecule has 0 radical (unpaired) electrons. The SMILES string of the molecule is COC(Cc1ccccc1)C(Br)C(N)=O. The Bertz CT molecular complexity index is 316. The molecule has 15 heavy (non-hydrogen) atoms.